The zero-order chi connectivity index (χ0) is 20.7. The molecule has 0 amide bonds. The number of aromatic nitrogens is 1. The van der Waals surface area contributed by atoms with E-state index in [0.717, 1.165) is 49.8 Å². The number of rotatable bonds is 4. The van der Waals surface area contributed by atoms with Gasteiger partial charge in [-0.2, -0.15) is 0 Å². The zero-order valence-corrected chi connectivity index (χ0v) is 19.3. The van der Waals surface area contributed by atoms with Crippen molar-refractivity contribution in [2.24, 2.45) is 5.92 Å². The van der Waals surface area contributed by atoms with Crippen molar-refractivity contribution in [1.82, 2.24) is 15.2 Å². The van der Waals surface area contributed by atoms with E-state index in [4.69, 9.17) is 4.74 Å². The van der Waals surface area contributed by atoms with Crippen LogP contribution in [0.3, 0.4) is 0 Å². The number of hydrogen-bond acceptors (Lipinski definition) is 4. The summed E-state index contributed by atoms with van der Waals surface area (Å²) in [6.45, 7) is 2.55. The Balaban J connectivity index is 1.24. The minimum absolute atomic E-state index is 0.0526. The van der Waals surface area contributed by atoms with Crippen LogP contribution in [0.5, 0.6) is 0 Å². The standard InChI is InChI=1S/C24H32BrN3O2/c1-28-14-15(9-11-30-24(29)20-7-3-2-4-10-26-20)12-17-16-6-5-8-19-22(16)18(13-21(17)28)23(25)27-19/h5-6,8,15,17,20-21,26-27H,2-4,7,9-14H2,1H3/t15-,17?,20?,21-/m1/s1. The number of halogens is 1. The minimum Gasteiger partial charge on any atom is -0.465 e. The number of H-pyrrole nitrogens is 1. The summed E-state index contributed by atoms with van der Waals surface area (Å²) in [5.74, 6) is 1.06. The van der Waals surface area contributed by atoms with Crippen molar-refractivity contribution >= 4 is 32.8 Å². The Labute approximate surface area is 187 Å². The molecule has 0 saturated carbocycles. The molecule has 0 bridgehead atoms. The van der Waals surface area contributed by atoms with E-state index in [1.807, 2.05) is 0 Å². The largest absolute Gasteiger partial charge is 0.465 e. The zero-order valence-electron chi connectivity index (χ0n) is 17.8. The third kappa shape index (κ3) is 3.82. The molecule has 2 unspecified atom stereocenters. The molecule has 5 rings (SSSR count). The number of carbonyl (C=O) groups excluding carboxylic acids is 1. The molecule has 2 N–H and O–H groups in total. The normalized spacial score (nSPS) is 29.4. The van der Waals surface area contributed by atoms with Crippen LogP contribution in [0.2, 0.25) is 0 Å². The topological polar surface area (TPSA) is 57.4 Å². The first-order chi connectivity index (χ1) is 14.6. The summed E-state index contributed by atoms with van der Waals surface area (Å²) in [6, 6.07) is 7.12. The maximum atomic E-state index is 12.4. The number of nitrogens with one attached hydrogen (secondary N) is 2. The Hall–Kier alpha value is -1.37. The molecule has 2 fully saturated rings. The number of nitrogens with zero attached hydrogens (tertiary/aromatic N) is 1. The van der Waals surface area contributed by atoms with Crippen LogP contribution in [0.4, 0.5) is 0 Å². The summed E-state index contributed by atoms with van der Waals surface area (Å²) < 4.78 is 6.83. The highest BCUT2D eigenvalue weighted by atomic mass is 79.9. The highest BCUT2D eigenvalue weighted by Crippen LogP contribution is 2.46. The number of fused-ring (bicyclic) bond motifs is 2. The van der Waals surface area contributed by atoms with Crippen LogP contribution >= 0.6 is 15.9 Å². The number of benzene rings is 1. The maximum Gasteiger partial charge on any atom is 0.323 e. The number of likely N-dealkylation sites (N-methyl/N-ethyl adjacent to an activating group) is 1. The summed E-state index contributed by atoms with van der Waals surface area (Å²) in [6.07, 6.45) is 7.61. The van der Waals surface area contributed by atoms with Gasteiger partial charge in [0.15, 0.2) is 0 Å². The van der Waals surface area contributed by atoms with Gasteiger partial charge in [-0.05, 0) is 84.7 Å². The molecule has 1 aromatic carbocycles. The van der Waals surface area contributed by atoms with Crippen molar-refractivity contribution in [1.29, 1.82) is 0 Å². The second-order valence-electron chi connectivity index (χ2n) is 9.42. The van der Waals surface area contributed by atoms with E-state index in [-0.39, 0.29) is 12.0 Å². The fourth-order valence-corrected chi connectivity index (χ4v) is 6.54. The van der Waals surface area contributed by atoms with E-state index < -0.39 is 0 Å². The van der Waals surface area contributed by atoms with Crippen molar-refractivity contribution < 1.29 is 9.53 Å². The van der Waals surface area contributed by atoms with E-state index in [0.29, 0.717) is 24.5 Å². The van der Waals surface area contributed by atoms with Gasteiger partial charge in [-0.15, -0.1) is 0 Å². The van der Waals surface area contributed by atoms with Crippen LogP contribution in [0, 0.1) is 5.92 Å². The predicted octanol–water partition coefficient (Wildman–Crippen LogP) is 4.36. The molecular formula is C24H32BrN3O2. The summed E-state index contributed by atoms with van der Waals surface area (Å²) >= 11 is 3.74. The molecule has 2 aromatic rings. The van der Waals surface area contributed by atoms with Gasteiger partial charge in [0.2, 0.25) is 0 Å². The molecule has 4 atom stereocenters. The number of esters is 1. The molecule has 6 heteroatoms. The molecular weight excluding hydrogens is 442 g/mol. The van der Waals surface area contributed by atoms with Gasteiger partial charge in [0.1, 0.15) is 6.04 Å². The molecule has 5 nitrogen and oxygen atoms in total. The van der Waals surface area contributed by atoms with Gasteiger partial charge in [0, 0.05) is 29.4 Å². The average Bonchev–Trinajstić information content (AvgIpc) is 2.92. The molecule has 3 heterocycles. The number of aromatic amines is 1. The second kappa shape index (κ2) is 8.64. The van der Waals surface area contributed by atoms with Gasteiger partial charge in [-0.3, -0.25) is 4.79 Å². The summed E-state index contributed by atoms with van der Waals surface area (Å²) in [5.41, 5.74) is 4.15. The van der Waals surface area contributed by atoms with Crippen LogP contribution in [0.1, 0.15) is 55.6 Å². The summed E-state index contributed by atoms with van der Waals surface area (Å²) in [5, 5.41) is 4.77. The highest BCUT2D eigenvalue weighted by Gasteiger charge is 2.40. The second-order valence-corrected chi connectivity index (χ2v) is 10.2. The molecule has 1 aromatic heterocycles. The Bertz CT molecular complexity index is 919. The van der Waals surface area contributed by atoms with Crippen LogP contribution in [0.25, 0.3) is 10.9 Å². The molecule has 0 spiro atoms. The SMILES string of the molecule is CN1C[C@H](CCOC(=O)C2CCCCCN2)CC2c3cccc4[nH]c(Br)c(c34)C[C@H]21. The van der Waals surface area contributed by atoms with E-state index in [1.54, 1.807) is 0 Å². The van der Waals surface area contributed by atoms with Crippen LogP contribution in [-0.2, 0) is 16.0 Å². The third-order valence-electron chi connectivity index (χ3n) is 7.50. The Kier molecular flexibility index (Phi) is 5.91. The van der Waals surface area contributed by atoms with E-state index in [2.05, 4.69) is 56.4 Å². The van der Waals surface area contributed by atoms with Crippen LogP contribution < -0.4 is 5.32 Å². The minimum atomic E-state index is -0.104. The van der Waals surface area contributed by atoms with Gasteiger partial charge >= 0.3 is 5.97 Å². The highest BCUT2D eigenvalue weighted by molar-refractivity contribution is 9.10. The number of carbonyl (C=O) groups is 1. The van der Waals surface area contributed by atoms with E-state index >= 15 is 0 Å². The van der Waals surface area contributed by atoms with E-state index in [9.17, 15) is 4.79 Å². The Morgan fingerprint density at radius 1 is 1.30 bits per heavy atom. The Morgan fingerprint density at radius 3 is 3.10 bits per heavy atom. The monoisotopic (exact) mass is 473 g/mol. The first-order valence-corrected chi connectivity index (χ1v) is 12.3. The molecule has 2 saturated heterocycles. The fourth-order valence-electron chi connectivity index (χ4n) is 5.96. The first kappa shape index (κ1) is 20.5. The van der Waals surface area contributed by atoms with Gasteiger partial charge in [0.05, 0.1) is 11.2 Å². The molecule has 0 radical (unpaired) electrons. The number of ether oxygens (including phenoxy) is 1. The summed E-state index contributed by atoms with van der Waals surface area (Å²) in [4.78, 5) is 18.5. The van der Waals surface area contributed by atoms with Crippen molar-refractivity contribution in [3.63, 3.8) is 0 Å². The van der Waals surface area contributed by atoms with E-state index in [1.165, 1.54) is 34.9 Å². The lowest BCUT2D eigenvalue weighted by Gasteiger charge is -2.45. The van der Waals surface area contributed by atoms with Crippen LogP contribution in [0.15, 0.2) is 22.8 Å². The smallest absolute Gasteiger partial charge is 0.323 e. The average molecular weight is 474 g/mol. The quantitative estimate of drug-likeness (QED) is 0.647. The molecule has 3 aliphatic rings. The Morgan fingerprint density at radius 2 is 2.20 bits per heavy atom. The lowest BCUT2D eigenvalue weighted by Crippen LogP contribution is -2.48. The molecule has 162 valence electrons. The first-order valence-electron chi connectivity index (χ1n) is 11.5. The van der Waals surface area contributed by atoms with Crippen molar-refractivity contribution in [2.45, 2.75) is 62.9 Å². The molecule has 2 aliphatic heterocycles. The lowest BCUT2D eigenvalue weighted by atomic mass is 9.72. The predicted molar refractivity (Wildman–Crippen MR) is 123 cm³/mol. The molecule has 1 aliphatic carbocycles. The van der Waals surface area contributed by atoms with Gasteiger partial charge in [0.25, 0.3) is 0 Å². The lowest BCUT2D eigenvalue weighted by molar-refractivity contribution is -0.146. The fraction of sp³-hybridized carbons (Fsp3) is 0.625. The number of piperidine rings is 1. The molecule has 30 heavy (non-hydrogen) atoms. The van der Waals surface area contributed by atoms with Crippen LogP contribution in [-0.4, -0.2) is 54.7 Å². The number of likely N-dealkylation sites (tertiary alicyclic amines) is 1. The van der Waals surface area contributed by atoms with Gasteiger partial charge < -0.3 is 19.9 Å². The third-order valence-corrected chi connectivity index (χ3v) is 8.18. The van der Waals surface area contributed by atoms with Crippen molar-refractivity contribution in [2.75, 3.05) is 26.7 Å². The van der Waals surface area contributed by atoms with Crippen molar-refractivity contribution in [3.8, 4) is 0 Å². The number of hydrogen-bond donors (Lipinski definition) is 2. The summed E-state index contributed by atoms with van der Waals surface area (Å²) in [7, 11) is 2.26. The van der Waals surface area contributed by atoms with Crippen molar-refractivity contribution in [3.05, 3.63) is 33.9 Å². The maximum absolute atomic E-state index is 12.4. The van der Waals surface area contributed by atoms with Gasteiger partial charge in [-0.25, -0.2) is 0 Å². The van der Waals surface area contributed by atoms with Gasteiger partial charge in [-0.1, -0.05) is 25.0 Å².